The average molecular weight is 460 g/mol. The van der Waals surface area contributed by atoms with Crippen molar-refractivity contribution in [1.29, 1.82) is 0 Å². The molecule has 2 fully saturated rings. The van der Waals surface area contributed by atoms with Gasteiger partial charge in [-0.1, -0.05) is 68.9 Å². The fraction of sp³-hybridized carbons (Fsp3) is 0.517. The summed E-state index contributed by atoms with van der Waals surface area (Å²) < 4.78 is 0. The third-order valence-electron chi connectivity index (χ3n) is 8.29. The molecule has 0 saturated heterocycles. The van der Waals surface area contributed by atoms with Crippen LogP contribution in [0.5, 0.6) is 0 Å². The molecule has 3 aliphatic rings. The maximum atomic E-state index is 13.2. The quantitative estimate of drug-likeness (QED) is 0.380. The van der Waals surface area contributed by atoms with Crippen LogP contribution >= 0.6 is 0 Å². The first-order chi connectivity index (χ1) is 16.6. The minimum Gasteiger partial charge on any atom is -0.312 e. The molecule has 4 atom stereocenters. The van der Waals surface area contributed by atoms with Crippen LogP contribution in [-0.2, 0) is 9.59 Å². The van der Waals surface area contributed by atoms with E-state index in [4.69, 9.17) is 5.73 Å². The zero-order chi connectivity index (χ0) is 23.5. The van der Waals surface area contributed by atoms with Crippen LogP contribution in [0.2, 0.25) is 0 Å². The molecule has 5 nitrogen and oxygen atoms in total. The Bertz CT molecular complexity index is 1010. The zero-order valence-electron chi connectivity index (χ0n) is 20.1. The highest BCUT2D eigenvalue weighted by molar-refractivity contribution is 6.22. The van der Waals surface area contributed by atoms with Crippen molar-refractivity contribution in [3.63, 3.8) is 0 Å². The Labute approximate surface area is 203 Å². The van der Waals surface area contributed by atoms with Gasteiger partial charge in [0.15, 0.2) is 6.04 Å². The number of hydrogen-bond donors (Lipinski definition) is 1. The van der Waals surface area contributed by atoms with E-state index in [9.17, 15) is 9.59 Å². The standard InChI is InChI=1S/C29H37N3O2/c30-27-28(33)31(18-10-3-1-2-5-11-22-19-21-16-17-23(22)20-21)25-14-8-9-15-26(25)32(29(27)34)24-12-6-4-7-13-24/h4,6-9,12-15,21-23,27H,1-3,5,10-11,16-20,30H2/t21-,22?,23-,27?/m1/s1. The van der Waals surface area contributed by atoms with Crippen LogP contribution in [-0.4, -0.2) is 24.4 Å². The third-order valence-corrected chi connectivity index (χ3v) is 8.29. The summed E-state index contributed by atoms with van der Waals surface area (Å²) in [7, 11) is 0. The van der Waals surface area contributed by atoms with Gasteiger partial charge in [0.25, 0.3) is 11.8 Å². The van der Waals surface area contributed by atoms with E-state index in [1.807, 2.05) is 54.6 Å². The molecule has 1 aliphatic heterocycles. The lowest BCUT2D eigenvalue weighted by atomic mass is 9.85. The third kappa shape index (κ3) is 4.63. The first-order valence-electron chi connectivity index (χ1n) is 13.2. The molecule has 2 N–H and O–H groups in total. The largest absolute Gasteiger partial charge is 0.312 e. The van der Waals surface area contributed by atoms with Crippen LogP contribution in [0.1, 0.15) is 64.2 Å². The molecule has 2 amide bonds. The molecule has 0 spiro atoms. The Hall–Kier alpha value is -2.66. The summed E-state index contributed by atoms with van der Waals surface area (Å²) in [5.74, 6) is 2.37. The maximum Gasteiger partial charge on any atom is 0.258 e. The molecule has 0 aromatic heterocycles. The number of nitrogens with zero attached hydrogens (tertiary/aromatic N) is 2. The van der Waals surface area contributed by atoms with Crippen molar-refractivity contribution in [2.75, 3.05) is 16.3 Å². The second-order valence-electron chi connectivity index (χ2n) is 10.5. The molecule has 5 heteroatoms. The minimum atomic E-state index is -1.20. The van der Waals surface area contributed by atoms with Crippen molar-refractivity contribution >= 4 is 28.9 Å². The zero-order valence-corrected chi connectivity index (χ0v) is 20.1. The number of unbranched alkanes of at least 4 members (excludes halogenated alkanes) is 4. The van der Waals surface area contributed by atoms with Crippen molar-refractivity contribution < 1.29 is 9.59 Å². The van der Waals surface area contributed by atoms with Crippen LogP contribution in [0.3, 0.4) is 0 Å². The van der Waals surface area contributed by atoms with E-state index in [1.54, 1.807) is 9.80 Å². The monoisotopic (exact) mass is 459 g/mol. The first kappa shape index (κ1) is 23.1. The molecule has 2 aromatic carbocycles. The first-order valence-corrected chi connectivity index (χ1v) is 13.2. The van der Waals surface area contributed by atoms with Crippen LogP contribution in [0.4, 0.5) is 17.1 Å². The number of fused-ring (bicyclic) bond motifs is 3. The molecular formula is C29H37N3O2. The molecule has 2 unspecified atom stereocenters. The van der Waals surface area contributed by atoms with Gasteiger partial charge in [0.2, 0.25) is 0 Å². The topological polar surface area (TPSA) is 66.6 Å². The van der Waals surface area contributed by atoms with Gasteiger partial charge in [0, 0.05) is 12.2 Å². The highest BCUT2D eigenvalue weighted by Crippen LogP contribution is 2.50. The summed E-state index contributed by atoms with van der Waals surface area (Å²) in [6, 6.07) is 15.9. The van der Waals surface area contributed by atoms with Crippen molar-refractivity contribution in [3.8, 4) is 0 Å². The van der Waals surface area contributed by atoms with E-state index in [0.29, 0.717) is 12.2 Å². The molecule has 2 bridgehead atoms. The van der Waals surface area contributed by atoms with Gasteiger partial charge in [-0.05, 0) is 67.7 Å². The predicted molar refractivity (Wildman–Crippen MR) is 137 cm³/mol. The van der Waals surface area contributed by atoms with E-state index >= 15 is 0 Å². The number of carbonyl (C=O) groups is 2. The smallest absolute Gasteiger partial charge is 0.258 e. The highest BCUT2D eigenvalue weighted by atomic mass is 16.2. The van der Waals surface area contributed by atoms with Gasteiger partial charge in [-0.25, -0.2) is 0 Å². The molecular weight excluding hydrogens is 422 g/mol. The normalized spacial score (nSPS) is 26.1. The summed E-state index contributed by atoms with van der Waals surface area (Å²) in [6.07, 6.45) is 13.2. The van der Waals surface area contributed by atoms with Gasteiger partial charge in [0.05, 0.1) is 11.4 Å². The van der Waals surface area contributed by atoms with E-state index in [-0.39, 0.29) is 11.8 Å². The number of anilines is 3. The number of para-hydroxylation sites is 3. The Morgan fingerprint density at radius 3 is 2.21 bits per heavy atom. The lowest BCUT2D eigenvalue weighted by Gasteiger charge is -2.25. The molecule has 2 saturated carbocycles. The summed E-state index contributed by atoms with van der Waals surface area (Å²) in [5.41, 5.74) is 8.39. The highest BCUT2D eigenvalue weighted by Gasteiger charge is 2.39. The van der Waals surface area contributed by atoms with Crippen molar-refractivity contribution in [2.45, 2.75) is 70.3 Å². The maximum absolute atomic E-state index is 13.2. The fourth-order valence-electron chi connectivity index (χ4n) is 6.54. The summed E-state index contributed by atoms with van der Waals surface area (Å²) >= 11 is 0. The lowest BCUT2D eigenvalue weighted by Crippen LogP contribution is -2.50. The Kier molecular flexibility index (Phi) is 7.00. The number of amides is 2. The van der Waals surface area contributed by atoms with Crippen molar-refractivity contribution in [1.82, 2.24) is 0 Å². The van der Waals surface area contributed by atoms with E-state index in [0.717, 1.165) is 42.0 Å². The Morgan fingerprint density at radius 2 is 1.47 bits per heavy atom. The van der Waals surface area contributed by atoms with E-state index < -0.39 is 6.04 Å². The summed E-state index contributed by atoms with van der Waals surface area (Å²) in [5, 5.41) is 0. The number of rotatable bonds is 9. The van der Waals surface area contributed by atoms with Gasteiger partial charge in [-0.3, -0.25) is 14.5 Å². The van der Waals surface area contributed by atoms with Crippen LogP contribution in [0.15, 0.2) is 54.6 Å². The molecule has 5 rings (SSSR count). The van der Waals surface area contributed by atoms with Crippen LogP contribution < -0.4 is 15.5 Å². The fourth-order valence-corrected chi connectivity index (χ4v) is 6.54. The van der Waals surface area contributed by atoms with Gasteiger partial charge in [0.1, 0.15) is 0 Å². The molecule has 0 radical (unpaired) electrons. The second kappa shape index (κ2) is 10.3. The van der Waals surface area contributed by atoms with Gasteiger partial charge < -0.3 is 10.6 Å². The molecule has 180 valence electrons. The summed E-state index contributed by atoms with van der Waals surface area (Å²) in [4.78, 5) is 29.8. The number of nitrogens with two attached hydrogens (primary N) is 1. The SMILES string of the molecule is NC1C(=O)N(CCCCCCCC2C[C@H]3CC[C@@H]2C3)c2ccccc2N(c2ccccc2)C1=O. The van der Waals surface area contributed by atoms with Gasteiger partial charge in [-0.2, -0.15) is 0 Å². The molecule has 2 aliphatic carbocycles. The number of benzene rings is 2. The molecule has 1 heterocycles. The van der Waals surface area contributed by atoms with Gasteiger partial charge >= 0.3 is 0 Å². The second-order valence-corrected chi connectivity index (χ2v) is 10.5. The van der Waals surface area contributed by atoms with Crippen LogP contribution in [0.25, 0.3) is 0 Å². The number of carbonyl (C=O) groups excluding carboxylic acids is 2. The van der Waals surface area contributed by atoms with Gasteiger partial charge in [-0.15, -0.1) is 0 Å². The summed E-state index contributed by atoms with van der Waals surface area (Å²) in [6.45, 7) is 0.589. The van der Waals surface area contributed by atoms with E-state index in [2.05, 4.69) is 0 Å². The molecule has 34 heavy (non-hydrogen) atoms. The van der Waals surface area contributed by atoms with Crippen molar-refractivity contribution in [2.24, 2.45) is 23.5 Å². The average Bonchev–Trinajstić information content (AvgIpc) is 3.48. The molecule has 2 aromatic rings. The van der Waals surface area contributed by atoms with E-state index in [1.165, 1.54) is 51.4 Å². The minimum absolute atomic E-state index is 0.313. The van der Waals surface area contributed by atoms with Crippen LogP contribution in [0, 0.1) is 17.8 Å². The van der Waals surface area contributed by atoms with Crippen molar-refractivity contribution in [3.05, 3.63) is 54.6 Å². The Morgan fingerprint density at radius 1 is 0.765 bits per heavy atom. The predicted octanol–water partition coefficient (Wildman–Crippen LogP) is 5.80. The lowest BCUT2D eigenvalue weighted by molar-refractivity contribution is -0.127. The Balaban J connectivity index is 1.19. The number of hydrogen-bond acceptors (Lipinski definition) is 3.